The van der Waals surface area contributed by atoms with Gasteiger partial charge in [0.15, 0.2) is 11.3 Å². The van der Waals surface area contributed by atoms with Crippen LogP contribution in [0.3, 0.4) is 0 Å². The molecule has 0 aliphatic carbocycles. The first-order chi connectivity index (χ1) is 12.2. The zero-order valence-corrected chi connectivity index (χ0v) is 14.7. The third-order valence-corrected chi connectivity index (χ3v) is 4.69. The summed E-state index contributed by atoms with van der Waals surface area (Å²) in [5.41, 5.74) is 0.827. The Morgan fingerprint density at radius 1 is 1.44 bits per heavy atom. The van der Waals surface area contributed by atoms with Crippen molar-refractivity contribution in [2.75, 3.05) is 25.0 Å². The Bertz CT molecular complexity index is 854. The predicted molar refractivity (Wildman–Crippen MR) is 98.0 cm³/mol. The molecule has 2 aromatic heterocycles. The van der Waals surface area contributed by atoms with Gasteiger partial charge in [-0.05, 0) is 26.0 Å². The van der Waals surface area contributed by atoms with Crippen molar-refractivity contribution in [1.29, 1.82) is 0 Å². The van der Waals surface area contributed by atoms with Crippen LogP contribution in [0.4, 0.5) is 5.82 Å². The molecule has 4 rings (SSSR count). The summed E-state index contributed by atoms with van der Waals surface area (Å²) in [6, 6.07) is 10.3. The maximum atomic E-state index is 6.08. The highest BCUT2D eigenvalue weighted by molar-refractivity contribution is 5.83. The number of para-hydroxylation sites is 1. The average molecular weight is 340 g/mol. The van der Waals surface area contributed by atoms with E-state index >= 15 is 0 Å². The summed E-state index contributed by atoms with van der Waals surface area (Å²) in [7, 11) is 0. The van der Waals surface area contributed by atoms with Crippen LogP contribution in [-0.4, -0.2) is 29.5 Å². The zero-order valence-electron chi connectivity index (χ0n) is 14.7. The van der Waals surface area contributed by atoms with Crippen LogP contribution in [0, 0.1) is 5.92 Å². The lowest BCUT2D eigenvalue weighted by molar-refractivity contribution is 0.333. The molecule has 0 saturated carbocycles. The highest BCUT2D eigenvalue weighted by atomic mass is 16.5. The van der Waals surface area contributed by atoms with E-state index < -0.39 is 0 Å². The highest BCUT2D eigenvalue weighted by Crippen LogP contribution is 2.31. The van der Waals surface area contributed by atoms with Crippen LogP contribution in [0.1, 0.15) is 25.6 Å². The Morgan fingerprint density at radius 2 is 2.36 bits per heavy atom. The molecule has 6 heteroatoms. The summed E-state index contributed by atoms with van der Waals surface area (Å²) in [4.78, 5) is 0. The van der Waals surface area contributed by atoms with Gasteiger partial charge in [0.2, 0.25) is 0 Å². The fraction of sp³-hybridized carbons (Fsp3) is 0.421. The van der Waals surface area contributed by atoms with E-state index in [1.54, 1.807) is 0 Å². The second-order valence-electron chi connectivity index (χ2n) is 6.53. The summed E-state index contributed by atoms with van der Waals surface area (Å²) in [5, 5.41) is 12.4. The maximum absolute atomic E-state index is 6.08. The number of benzene rings is 1. The molecule has 0 radical (unpaired) electrons. The number of rotatable bonds is 6. The Balaban J connectivity index is 1.42. The van der Waals surface area contributed by atoms with Gasteiger partial charge in [0.05, 0.1) is 18.8 Å². The van der Waals surface area contributed by atoms with E-state index in [0.29, 0.717) is 12.5 Å². The zero-order chi connectivity index (χ0) is 17.2. The Hall–Kier alpha value is -2.47. The lowest BCUT2D eigenvalue weighted by Gasteiger charge is -2.26. The van der Waals surface area contributed by atoms with E-state index in [9.17, 15) is 0 Å². The minimum Gasteiger partial charge on any atom is -0.490 e. The lowest BCUT2D eigenvalue weighted by atomic mass is 10.1. The fourth-order valence-corrected chi connectivity index (χ4v) is 3.31. The van der Waals surface area contributed by atoms with Crippen LogP contribution in [0.2, 0.25) is 0 Å². The Morgan fingerprint density at radius 3 is 3.24 bits per heavy atom. The minimum absolute atomic E-state index is 0.140. The van der Waals surface area contributed by atoms with Gasteiger partial charge in [0.25, 0.3) is 0 Å². The van der Waals surface area contributed by atoms with E-state index in [0.717, 1.165) is 47.9 Å². The van der Waals surface area contributed by atoms with Crippen LogP contribution in [0.5, 0.6) is 5.75 Å². The molecule has 0 amide bonds. The largest absolute Gasteiger partial charge is 0.490 e. The Kier molecular flexibility index (Phi) is 4.36. The molecule has 0 bridgehead atoms. The third kappa shape index (κ3) is 3.22. The number of hydrogen-bond donors (Lipinski definition) is 2. The quantitative estimate of drug-likeness (QED) is 0.720. The second-order valence-corrected chi connectivity index (χ2v) is 6.53. The van der Waals surface area contributed by atoms with E-state index in [1.165, 1.54) is 0 Å². The standard InChI is InChI=1S/C19H24N4O2/c1-3-24-16-6-4-5-15-9-17(25-19(15)16)13(2)20-10-14-11-21-18-7-8-22-23(18)12-14/h4-9,13-14,20-21H,3,10-12H2,1-2H3/t13-,14-/m1/s1. The number of ether oxygens (including phenoxy) is 1. The van der Waals surface area contributed by atoms with Crippen molar-refractivity contribution in [3.8, 4) is 5.75 Å². The normalized spacial score (nSPS) is 17.9. The summed E-state index contributed by atoms with van der Waals surface area (Å²) < 4.78 is 13.8. The molecule has 3 heterocycles. The van der Waals surface area contributed by atoms with Crippen LogP contribution in [0.15, 0.2) is 40.9 Å². The number of furan rings is 1. The Labute approximate surface area is 147 Å². The van der Waals surface area contributed by atoms with Crippen molar-refractivity contribution in [2.45, 2.75) is 26.4 Å². The summed E-state index contributed by atoms with van der Waals surface area (Å²) in [6.45, 7) is 7.54. The van der Waals surface area contributed by atoms with Gasteiger partial charge in [0, 0.05) is 37.0 Å². The molecule has 3 aromatic rings. The summed E-state index contributed by atoms with van der Waals surface area (Å²) in [6.07, 6.45) is 1.84. The molecule has 2 atom stereocenters. The maximum Gasteiger partial charge on any atom is 0.176 e. The van der Waals surface area contributed by atoms with Gasteiger partial charge in [-0.1, -0.05) is 12.1 Å². The number of anilines is 1. The SMILES string of the molecule is CCOc1cccc2cc([C@@H](C)NC[C@@H]3CNc4ccnn4C3)oc12. The fourth-order valence-electron chi connectivity index (χ4n) is 3.31. The molecule has 6 nitrogen and oxygen atoms in total. The summed E-state index contributed by atoms with van der Waals surface area (Å²) >= 11 is 0. The second kappa shape index (κ2) is 6.80. The van der Waals surface area contributed by atoms with E-state index in [-0.39, 0.29) is 6.04 Å². The van der Waals surface area contributed by atoms with E-state index in [2.05, 4.69) is 34.8 Å². The molecule has 1 aliphatic heterocycles. The van der Waals surface area contributed by atoms with Crippen molar-refractivity contribution in [2.24, 2.45) is 5.92 Å². The van der Waals surface area contributed by atoms with Gasteiger partial charge < -0.3 is 19.8 Å². The molecular weight excluding hydrogens is 316 g/mol. The van der Waals surface area contributed by atoms with E-state index in [1.807, 2.05) is 36.0 Å². The van der Waals surface area contributed by atoms with Crippen molar-refractivity contribution in [1.82, 2.24) is 15.1 Å². The van der Waals surface area contributed by atoms with E-state index in [4.69, 9.17) is 9.15 Å². The van der Waals surface area contributed by atoms with Crippen molar-refractivity contribution >= 4 is 16.8 Å². The highest BCUT2D eigenvalue weighted by Gasteiger charge is 2.20. The number of fused-ring (bicyclic) bond motifs is 2. The molecular formula is C19H24N4O2. The predicted octanol–water partition coefficient (Wildman–Crippen LogP) is 3.42. The first kappa shape index (κ1) is 16.0. The molecule has 1 aliphatic rings. The van der Waals surface area contributed by atoms with Crippen LogP contribution in [-0.2, 0) is 6.54 Å². The first-order valence-corrected chi connectivity index (χ1v) is 8.89. The molecule has 0 spiro atoms. The van der Waals surface area contributed by atoms with Gasteiger partial charge in [-0.3, -0.25) is 0 Å². The molecule has 2 N–H and O–H groups in total. The van der Waals surface area contributed by atoms with Gasteiger partial charge in [0.1, 0.15) is 11.6 Å². The van der Waals surface area contributed by atoms with Crippen molar-refractivity contribution < 1.29 is 9.15 Å². The lowest BCUT2D eigenvalue weighted by Crippen LogP contribution is -2.36. The summed E-state index contributed by atoms with van der Waals surface area (Å²) in [5.74, 6) is 3.34. The van der Waals surface area contributed by atoms with Gasteiger partial charge in [-0.25, -0.2) is 4.68 Å². The molecule has 25 heavy (non-hydrogen) atoms. The number of aromatic nitrogens is 2. The van der Waals surface area contributed by atoms with Gasteiger partial charge in [-0.15, -0.1) is 0 Å². The smallest absolute Gasteiger partial charge is 0.176 e. The average Bonchev–Trinajstić information content (AvgIpc) is 3.26. The molecule has 0 unspecified atom stereocenters. The number of nitrogens with one attached hydrogen (secondary N) is 2. The van der Waals surface area contributed by atoms with Crippen LogP contribution < -0.4 is 15.4 Å². The van der Waals surface area contributed by atoms with Gasteiger partial charge in [-0.2, -0.15) is 5.10 Å². The monoisotopic (exact) mass is 340 g/mol. The van der Waals surface area contributed by atoms with Crippen LogP contribution in [0.25, 0.3) is 11.0 Å². The van der Waals surface area contributed by atoms with Gasteiger partial charge >= 0.3 is 0 Å². The number of nitrogens with zero attached hydrogens (tertiary/aromatic N) is 2. The molecule has 0 saturated heterocycles. The number of hydrogen-bond acceptors (Lipinski definition) is 5. The van der Waals surface area contributed by atoms with Crippen molar-refractivity contribution in [3.63, 3.8) is 0 Å². The van der Waals surface area contributed by atoms with Crippen molar-refractivity contribution in [3.05, 3.63) is 42.3 Å². The molecule has 0 fully saturated rings. The minimum atomic E-state index is 0.140. The molecule has 132 valence electrons. The van der Waals surface area contributed by atoms with Crippen LogP contribution >= 0.6 is 0 Å². The third-order valence-electron chi connectivity index (χ3n) is 4.69. The molecule has 1 aromatic carbocycles. The first-order valence-electron chi connectivity index (χ1n) is 8.89. The topological polar surface area (TPSA) is 64.2 Å².